The molecule has 1 fully saturated rings. The summed E-state index contributed by atoms with van der Waals surface area (Å²) in [5.74, 6) is 0.0616. The van der Waals surface area contributed by atoms with E-state index in [4.69, 9.17) is 0 Å². The molecule has 1 aliphatic carbocycles. The highest BCUT2D eigenvalue weighted by Gasteiger charge is 2.27. The van der Waals surface area contributed by atoms with E-state index >= 15 is 0 Å². The van der Waals surface area contributed by atoms with Gasteiger partial charge >= 0.3 is 0 Å². The smallest absolute Gasteiger partial charge is 0.234 e. The molecule has 2 aliphatic rings. The van der Waals surface area contributed by atoms with E-state index in [2.05, 4.69) is 60.4 Å². The standard InChI is InChI=1S/C24H34N4O2/c1-24(2,3)17-7-9-18(10-8-17)28-22-6-4-5-21(20(22)15-25-28)26-23(30)16-27-13-11-19(29)12-14-27/h7-10,15,19,21,29H,4-6,11-14,16H2,1-3H3,(H,26,30)/t21-/m0/s1. The largest absolute Gasteiger partial charge is 0.393 e. The van der Waals surface area contributed by atoms with Gasteiger partial charge in [-0.1, -0.05) is 32.9 Å². The lowest BCUT2D eigenvalue weighted by atomic mass is 9.87. The predicted molar refractivity (Wildman–Crippen MR) is 118 cm³/mol. The number of carbonyl (C=O) groups excluding carboxylic acids is 1. The monoisotopic (exact) mass is 410 g/mol. The fourth-order valence-corrected chi connectivity index (χ4v) is 4.55. The van der Waals surface area contributed by atoms with Crippen molar-refractivity contribution in [1.82, 2.24) is 20.0 Å². The van der Waals surface area contributed by atoms with Crippen molar-refractivity contribution in [2.24, 2.45) is 0 Å². The number of nitrogens with one attached hydrogen (secondary N) is 1. The first-order valence-corrected chi connectivity index (χ1v) is 11.2. The molecule has 0 unspecified atom stereocenters. The van der Waals surface area contributed by atoms with Crippen molar-refractivity contribution in [3.63, 3.8) is 0 Å². The Balaban J connectivity index is 1.45. The van der Waals surface area contributed by atoms with Crippen LogP contribution in [0.3, 0.4) is 0 Å². The van der Waals surface area contributed by atoms with Crippen molar-refractivity contribution in [2.45, 2.75) is 70.4 Å². The van der Waals surface area contributed by atoms with Crippen LogP contribution in [0.2, 0.25) is 0 Å². The van der Waals surface area contributed by atoms with Crippen LogP contribution < -0.4 is 5.32 Å². The second kappa shape index (κ2) is 8.52. The predicted octanol–water partition coefficient (Wildman–Crippen LogP) is 3.12. The number of fused-ring (bicyclic) bond motifs is 1. The lowest BCUT2D eigenvalue weighted by molar-refractivity contribution is -0.123. The first kappa shape index (κ1) is 21.1. The number of likely N-dealkylation sites (tertiary alicyclic amines) is 1. The number of hydrogen-bond acceptors (Lipinski definition) is 4. The summed E-state index contributed by atoms with van der Waals surface area (Å²) in [7, 11) is 0. The lowest BCUT2D eigenvalue weighted by Crippen LogP contribution is -2.43. The average Bonchev–Trinajstić information content (AvgIpc) is 3.14. The third kappa shape index (κ3) is 4.60. The third-order valence-corrected chi connectivity index (χ3v) is 6.42. The Kier molecular flexibility index (Phi) is 5.98. The number of amides is 1. The highest BCUT2D eigenvalue weighted by atomic mass is 16.3. The Morgan fingerprint density at radius 3 is 2.53 bits per heavy atom. The molecule has 1 amide bonds. The van der Waals surface area contributed by atoms with E-state index in [-0.39, 0.29) is 23.5 Å². The molecule has 1 aliphatic heterocycles. The molecule has 2 heterocycles. The number of aromatic nitrogens is 2. The van der Waals surface area contributed by atoms with Crippen LogP contribution in [0.25, 0.3) is 5.69 Å². The Labute approximate surface area is 179 Å². The maximum Gasteiger partial charge on any atom is 0.234 e. The molecule has 6 nitrogen and oxygen atoms in total. The highest BCUT2D eigenvalue weighted by Crippen LogP contribution is 2.31. The van der Waals surface area contributed by atoms with Gasteiger partial charge in [0.15, 0.2) is 0 Å². The number of nitrogens with zero attached hydrogens (tertiary/aromatic N) is 3. The SMILES string of the molecule is CC(C)(C)c1ccc(-n2ncc3c2CCC[C@@H]3NC(=O)CN2CCC(O)CC2)cc1. The van der Waals surface area contributed by atoms with Gasteiger partial charge in [0.25, 0.3) is 0 Å². The molecule has 4 rings (SSSR count). The van der Waals surface area contributed by atoms with Gasteiger partial charge in [0.05, 0.1) is 30.6 Å². The van der Waals surface area contributed by atoms with Crippen molar-refractivity contribution >= 4 is 5.91 Å². The van der Waals surface area contributed by atoms with Gasteiger partial charge in [-0.25, -0.2) is 4.68 Å². The molecule has 0 bridgehead atoms. The van der Waals surface area contributed by atoms with E-state index in [0.29, 0.717) is 6.54 Å². The molecule has 2 N–H and O–H groups in total. The summed E-state index contributed by atoms with van der Waals surface area (Å²) in [5.41, 5.74) is 4.86. The lowest BCUT2D eigenvalue weighted by Gasteiger charge is -2.30. The van der Waals surface area contributed by atoms with E-state index in [1.807, 2.05) is 10.9 Å². The van der Waals surface area contributed by atoms with Gasteiger partial charge in [-0.15, -0.1) is 0 Å². The molecular formula is C24H34N4O2. The Morgan fingerprint density at radius 1 is 1.17 bits per heavy atom. The minimum atomic E-state index is -0.214. The van der Waals surface area contributed by atoms with E-state index in [1.54, 1.807) is 0 Å². The summed E-state index contributed by atoms with van der Waals surface area (Å²) >= 11 is 0. The van der Waals surface area contributed by atoms with E-state index in [0.717, 1.165) is 56.4 Å². The Bertz CT molecular complexity index is 874. The Morgan fingerprint density at radius 2 is 1.87 bits per heavy atom. The molecule has 6 heteroatoms. The van der Waals surface area contributed by atoms with Gasteiger partial charge in [-0.3, -0.25) is 9.69 Å². The van der Waals surface area contributed by atoms with E-state index in [9.17, 15) is 9.90 Å². The second-order valence-corrected chi connectivity index (χ2v) is 9.77. The van der Waals surface area contributed by atoms with Crippen LogP contribution in [-0.2, 0) is 16.6 Å². The molecule has 162 valence electrons. The quantitative estimate of drug-likeness (QED) is 0.813. The summed E-state index contributed by atoms with van der Waals surface area (Å²) in [6.45, 7) is 8.63. The first-order chi connectivity index (χ1) is 14.3. The van der Waals surface area contributed by atoms with Gasteiger partial charge in [0.1, 0.15) is 0 Å². The summed E-state index contributed by atoms with van der Waals surface area (Å²) < 4.78 is 2.03. The molecule has 30 heavy (non-hydrogen) atoms. The molecule has 1 saturated heterocycles. The normalized spacial score (nSPS) is 20.7. The van der Waals surface area contributed by atoms with E-state index in [1.165, 1.54) is 11.3 Å². The summed E-state index contributed by atoms with van der Waals surface area (Å²) in [6.07, 6.45) is 6.18. The van der Waals surface area contributed by atoms with Crippen molar-refractivity contribution < 1.29 is 9.90 Å². The fraction of sp³-hybridized carbons (Fsp3) is 0.583. The molecule has 1 atom stereocenters. The molecule has 0 radical (unpaired) electrons. The maximum absolute atomic E-state index is 12.6. The Hall–Kier alpha value is -2.18. The van der Waals surface area contributed by atoms with Crippen LogP contribution in [0.15, 0.2) is 30.5 Å². The minimum Gasteiger partial charge on any atom is -0.393 e. The zero-order valence-electron chi connectivity index (χ0n) is 18.4. The number of hydrogen-bond donors (Lipinski definition) is 2. The topological polar surface area (TPSA) is 70.4 Å². The molecule has 0 saturated carbocycles. The minimum absolute atomic E-state index is 0.0271. The number of carbonyl (C=O) groups is 1. The van der Waals surface area contributed by atoms with E-state index < -0.39 is 0 Å². The van der Waals surface area contributed by atoms with Crippen LogP contribution in [0, 0.1) is 0 Å². The fourth-order valence-electron chi connectivity index (χ4n) is 4.55. The maximum atomic E-state index is 12.6. The number of rotatable bonds is 4. The molecular weight excluding hydrogens is 376 g/mol. The highest BCUT2D eigenvalue weighted by molar-refractivity contribution is 5.78. The molecule has 1 aromatic heterocycles. The van der Waals surface area contributed by atoms with Crippen LogP contribution in [0.1, 0.15) is 69.3 Å². The summed E-state index contributed by atoms with van der Waals surface area (Å²) in [5, 5.41) is 17.5. The molecule has 1 aromatic carbocycles. The third-order valence-electron chi connectivity index (χ3n) is 6.42. The van der Waals surface area contributed by atoms with Crippen molar-refractivity contribution in [2.75, 3.05) is 19.6 Å². The van der Waals surface area contributed by atoms with Crippen molar-refractivity contribution in [3.8, 4) is 5.69 Å². The van der Waals surface area contributed by atoms with Gasteiger partial charge in [0.2, 0.25) is 5.91 Å². The summed E-state index contributed by atoms with van der Waals surface area (Å²) in [4.78, 5) is 14.8. The first-order valence-electron chi connectivity index (χ1n) is 11.2. The van der Waals surface area contributed by atoms with Crippen LogP contribution in [0.5, 0.6) is 0 Å². The van der Waals surface area contributed by atoms with Crippen molar-refractivity contribution in [3.05, 3.63) is 47.3 Å². The molecule has 2 aromatic rings. The van der Waals surface area contributed by atoms with Gasteiger partial charge in [-0.2, -0.15) is 5.10 Å². The average molecular weight is 411 g/mol. The van der Waals surface area contributed by atoms with Gasteiger partial charge in [-0.05, 0) is 55.2 Å². The number of aliphatic hydroxyl groups excluding tert-OH is 1. The van der Waals surface area contributed by atoms with Crippen LogP contribution in [0.4, 0.5) is 0 Å². The van der Waals surface area contributed by atoms with Crippen LogP contribution >= 0.6 is 0 Å². The number of piperidine rings is 1. The number of aliphatic hydroxyl groups is 1. The van der Waals surface area contributed by atoms with Crippen LogP contribution in [-0.4, -0.2) is 51.4 Å². The zero-order chi connectivity index (χ0) is 21.3. The second-order valence-electron chi connectivity index (χ2n) is 9.77. The number of benzene rings is 1. The van der Waals surface area contributed by atoms with Crippen molar-refractivity contribution in [1.29, 1.82) is 0 Å². The zero-order valence-corrected chi connectivity index (χ0v) is 18.4. The van der Waals surface area contributed by atoms with Gasteiger partial charge in [0, 0.05) is 24.3 Å². The van der Waals surface area contributed by atoms with Gasteiger partial charge < -0.3 is 10.4 Å². The molecule has 0 spiro atoms. The summed E-state index contributed by atoms with van der Waals surface area (Å²) in [6, 6.07) is 8.67.